The first kappa shape index (κ1) is 20.7. The molecule has 1 aromatic carbocycles. The number of fused-ring (bicyclic) bond motifs is 3. The highest BCUT2D eigenvalue weighted by molar-refractivity contribution is 7.18. The highest BCUT2D eigenvalue weighted by atomic mass is 32.1. The summed E-state index contributed by atoms with van der Waals surface area (Å²) in [5.74, 6) is -0.996. The quantitative estimate of drug-likeness (QED) is 0.601. The van der Waals surface area contributed by atoms with Crippen LogP contribution in [0.15, 0.2) is 33.9 Å². The minimum atomic E-state index is -0.720. The van der Waals surface area contributed by atoms with Gasteiger partial charge in [0.1, 0.15) is 11.4 Å². The van der Waals surface area contributed by atoms with Crippen LogP contribution in [0.25, 0.3) is 15.9 Å². The van der Waals surface area contributed by atoms with Gasteiger partial charge in [-0.25, -0.2) is 9.36 Å². The molecule has 0 unspecified atom stereocenters. The van der Waals surface area contributed by atoms with Crippen molar-refractivity contribution in [2.75, 3.05) is 6.54 Å². The standard InChI is InChI=1S/C21H20N4O5S/c1-11(26)13-4-3-5-14(8-13)25-19(29)18-15-6-7-23(12(2)27)9-16(15)31-20(18)24(21(25)30)10-17(22)28/h3-5,8H,6-7,9-10H2,1-2H3,(H2,22,28). The SMILES string of the molecule is CC(=O)c1cccc(-n2c(=O)c3c4c(sc3n(CC(N)=O)c2=O)CN(C(C)=O)CC4)c1. The Bertz CT molecular complexity index is 1380. The van der Waals surface area contributed by atoms with Crippen molar-refractivity contribution in [2.24, 2.45) is 5.73 Å². The van der Waals surface area contributed by atoms with E-state index in [0.29, 0.717) is 35.3 Å². The van der Waals surface area contributed by atoms with Crippen LogP contribution in [0.4, 0.5) is 0 Å². The molecule has 0 radical (unpaired) electrons. The molecule has 10 heteroatoms. The van der Waals surface area contributed by atoms with Crippen LogP contribution in [0, 0.1) is 0 Å². The number of nitrogens with zero attached hydrogens (tertiary/aromatic N) is 3. The molecule has 4 rings (SSSR count). The Labute approximate surface area is 180 Å². The number of thiophene rings is 1. The molecule has 160 valence electrons. The fourth-order valence-electron chi connectivity index (χ4n) is 3.86. The molecule has 0 spiro atoms. The van der Waals surface area contributed by atoms with Crippen molar-refractivity contribution >= 4 is 39.2 Å². The number of carbonyl (C=O) groups excluding carboxylic acids is 3. The average Bonchev–Trinajstić information content (AvgIpc) is 3.10. The van der Waals surface area contributed by atoms with Gasteiger partial charge in [0, 0.05) is 23.9 Å². The van der Waals surface area contributed by atoms with Gasteiger partial charge in [0.05, 0.1) is 17.6 Å². The largest absolute Gasteiger partial charge is 0.368 e. The Hall–Kier alpha value is -3.53. The Balaban J connectivity index is 2.05. The van der Waals surface area contributed by atoms with Crippen LogP contribution in [0.1, 0.15) is 34.6 Å². The number of hydrogen-bond acceptors (Lipinski definition) is 6. The first-order chi connectivity index (χ1) is 14.7. The number of Topliss-reactive ketones (excluding diaryl/α,β-unsaturated/α-hetero) is 1. The first-order valence-electron chi connectivity index (χ1n) is 9.64. The van der Waals surface area contributed by atoms with E-state index >= 15 is 0 Å². The zero-order valence-electron chi connectivity index (χ0n) is 17.0. The number of hydrogen-bond donors (Lipinski definition) is 1. The van der Waals surface area contributed by atoms with Gasteiger partial charge in [-0.1, -0.05) is 12.1 Å². The van der Waals surface area contributed by atoms with Crippen molar-refractivity contribution in [1.82, 2.24) is 14.0 Å². The number of aromatic nitrogens is 2. The molecule has 3 aromatic rings. The van der Waals surface area contributed by atoms with Crippen LogP contribution in [-0.4, -0.2) is 38.2 Å². The van der Waals surface area contributed by atoms with Crippen LogP contribution >= 0.6 is 11.3 Å². The normalized spacial score (nSPS) is 13.3. The summed E-state index contributed by atoms with van der Waals surface area (Å²) in [7, 11) is 0. The van der Waals surface area contributed by atoms with Crippen molar-refractivity contribution in [1.29, 1.82) is 0 Å². The average molecular weight is 440 g/mol. The zero-order valence-corrected chi connectivity index (χ0v) is 17.8. The molecule has 1 aliphatic heterocycles. The van der Waals surface area contributed by atoms with Crippen LogP contribution in [0.5, 0.6) is 0 Å². The Morgan fingerprint density at radius 1 is 1.16 bits per heavy atom. The van der Waals surface area contributed by atoms with Gasteiger partial charge < -0.3 is 10.6 Å². The number of amides is 2. The van der Waals surface area contributed by atoms with Crippen LogP contribution < -0.4 is 17.0 Å². The van der Waals surface area contributed by atoms with Crippen LogP contribution in [0.3, 0.4) is 0 Å². The van der Waals surface area contributed by atoms with Gasteiger partial charge in [0.2, 0.25) is 11.8 Å². The number of carbonyl (C=O) groups is 3. The van der Waals surface area contributed by atoms with Gasteiger partial charge in [-0.15, -0.1) is 11.3 Å². The molecule has 0 saturated carbocycles. The topological polar surface area (TPSA) is 124 Å². The molecule has 2 N–H and O–H groups in total. The molecule has 2 aromatic heterocycles. The number of benzene rings is 1. The third-order valence-electron chi connectivity index (χ3n) is 5.39. The lowest BCUT2D eigenvalue weighted by Crippen LogP contribution is -2.41. The molecule has 0 atom stereocenters. The second kappa shape index (κ2) is 7.62. The molecule has 1 aliphatic rings. The molecule has 0 bridgehead atoms. The molecule has 0 saturated heterocycles. The summed E-state index contributed by atoms with van der Waals surface area (Å²) < 4.78 is 2.17. The number of primary amides is 1. The summed E-state index contributed by atoms with van der Waals surface area (Å²) in [6.45, 7) is 3.29. The maximum absolute atomic E-state index is 13.5. The molecule has 3 heterocycles. The number of rotatable bonds is 4. The molecule has 9 nitrogen and oxygen atoms in total. The van der Waals surface area contributed by atoms with Gasteiger partial charge in [-0.05, 0) is 31.0 Å². The van der Waals surface area contributed by atoms with Crippen molar-refractivity contribution in [3.63, 3.8) is 0 Å². The molecule has 0 fully saturated rings. The third kappa shape index (κ3) is 3.48. The molecular weight excluding hydrogens is 420 g/mol. The van der Waals surface area contributed by atoms with Crippen molar-refractivity contribution in [3.05, 3.63) is 61.1 Å². The maximum atomic E-state index is 13.5. The number of nitrogens with two attached hydrogens (primary N) is 1. The van der Waals surface area contributed by atoms with E-state index in [9.17, 15) is 24.0 Å². The Morgan fingerprint density at radius 2 is 1.90 bits per heavy atom. The van der Waals surface area contributed by atoms with Gasteiger partial charge in [-0.2, -0.15) is 0 Å². The van der Waals surface area contributed by atoms with Crippen molar-refractivity contribution in [3.8, 4) is 5.69 Å². The second-order valence-electron chi connectivity index (χ2n) is 7.46. The van der Waals surface area contributed by atoms with Crippen LogP contribution in [0.2, 0.25) is 0 Å². The van der Waals surface area contributed by atoms with E-state index < -0.39 is 23.7 Å². The molecule has 0 aliphatic carbocycles. The first-order valence-corrected chi connectivity index (χ1v) is 10.5. The highest BCUT2D eigenvalue weighted by Crippen LogP contribution is 2.33. The Morgan fingerprint density at radius 3 is 2.55 bits per heavy atom. The summed E-state index contributed by atoms with van der Waals surface area (Å²) in [5, 5.41) is 0.345. The minimum absolute atomic E-state index is 0.0731. The minimum Gasteiger partial charge on any atom is -0.368 e. The lowest BCUT2D eigenvalue weighted by molar-refractivity contribution is -0.129. The van der Waals surface area contributed by atoms with Gasteiger partial charge in [0.25, 0.3) is 5.56 Å². The molecular formula is C21H20N4O5S. The fraction of sp³-hybridized carbons (Fsp3) is 0.286. The predicted octanol–water partition coefficient (Wildman–Crippen LogP) is 0.806. The van der Waals surface area contributed by atoms with E-state index in [2.05, 4.69) is 0 Å². The van der Waals surface area contributed by atoms with E-state index in [1.165, 1.54) is 35.8 Å². The van der Waals surface area contributed by atoms with Crippen LogP contribution in [-0.2, 0) is 29.1 Å². The van der Waals surface area contributed by atoms with E-state index in [1.807, 2.05) is 0 Å². The summed E-state index contributed by atoms with van der Waals surface area (Å²) in [6.07, 6.45) is 0.465. The zero-order chi connectivity index (χ0) is 22.4. The molecule has 31 heavy (non-hydrogen) atoms. The Kier molecular flexibility index (Phi) is 5.10. The van der Waals surface area contributed by atoms with Crippen molar-refractivity contribution < 1.29 is 14.4 Å². The van der Waals surface area contributed by atoms with E-state index in [4.69, 9.17) is 5.73 Å². The maximum Gasteiger partial charge on any atom is 0.337 e. The second-order valence-corrected chi connectivity index (χ2v) is 8.54. The van der Waals surface area contributed by atoms with E-state index in [-0.39, 0.29) is 17.4 Å². The fourth-order valence-corrected chi connectivity index (χ4v) is 5.21. The third-order valence-corrected chi connectivity index (χ3v) is 6.63. The summed E-state index contributed by atoms with van der Waals surface area (Å²) in [6, 6.07) is 6.22. The van der Waals surface area contributed by atoms with E-state index in [0.717, 1.165) is 15.0 Å². The van der Waals surface area contributed by atoms with Gasteiger partial charge in [0.15, 0.2) is 5.78 Å². The van der Waals surface area contributed by atoms with Gasteiger partial charge >= 0.3 is 5.69 Å². The lowest BCUT2D eigenvalue weighted by Gasteiger charge is -2.25. The monoisotopic (exact) mass is 440 g/mol. The molecule has 2 amide bonds. The number of ketones is 1. The summed E-state index contributed by atoms with van der Waals surface area (Å²) in [5.41, 5.74) is 5.52. The highest BCUT2D eigenvalue weighted by Gasteiger charge is 2.27. The predicted molar refractivity (Wildman–Crippen MR) is 116 cm³/mol. The van der Waals surface area contributed by atoms with Gasteiger partial charge in [-0.3, -0.25) is 23.7 Å². The smallest absolute Gasteiger partial charge is 0.337 e. The summed E-state index contributed by atoms with van der Waals surface area (Å²) in [4.78, 5) is 64.9. The lowest BCUT2D eigenvalue weighted by atomic mass is 10.1. The van der Waals surface area contributed by atoms with E-state index in [1.54, 1.807) is 23.1 Å². The van der Waals surface area contributed by atoms with Crippen molar-refractivity contribution in [2.45, 2.75) is 33.4 Å². The summed E-state index contributed by atoms with van der Waals surface area (Å²) >= 11 is 1.22.